The van der Waals surface area contributed by atoms with E-state index in [1.54, 1.807) is 36.1 Å². The minimum atomic E-state index is -0.708. The fraction of sp³-hybridized carbons (Fsp3) is 0.304. The van der Waals surface area contributed by atoms with Crippen molar-refractivity contribution in [3.8, 4) is 5.75 Å². The second kappa shape index (κ2) is 9.60. The molecule has 172 valence electrons. The first-order valence-electron chi connectivity index (χ1n) is 10.3. The summed E-state index contributed by atoms with van der Waals surface area (Å²) in [7, 11) is 0. The molecule has 0 bridgehead atoms. The molecule has 1 aliphatic heterocycles. The minimum Gasteiger partial charge on any atom is -0.482 e. The van der Waals surface area contributed by atoms with E-state index in [-0.39, 0.29) is 17.6 Å². The van der Waals surface area contributed by atoms with Gasteiger partial charge in [0.2, 0.25) is 0 Å². The summed E-state index contributed by atoms with van der Waals surface area (Å²) >= 11 is 0. The van der Waals surface area contributed by atoms with Crippen LogP contribution in [0, 0.1) is 6.92 Å². The predicted molar refractivity (Wildman–Crippen MR) is 115 cm³/mol. The van der Waals surface area contributed by atoms with Crippen molar-refractivity contribution in [3.63, 3.8) is 0 Å². The number of rotatable bonds is 6. The third kappa shape index (κ3) is 5.22. The van der Waals surface area contributed by atoms with E-state index in [0.717, 1.165) is 10.9 Å². The summed E-state index contributed by atoms with van der Waals surface area (Å²) < 4.78 is 20.7. The summed E-state index contributed by atoms with van der Waals surface area (Å²) in [5, 5.41) is 0.765. The van der Waals surface area contributed by atoms with Crippen LogP contribution in [0.25, 0.3) is 11.0 Å². The topological polar surface area (TPSA) is 119 Å². The van der Waals surface area contributed by atoms with Crippen LogP contribution in [-0.4, -0.2) is 67.0 Å². The van der Waals surface area contributed by atoms with Gasteiger partial charge in [0.1, 0.15) is 11.3 Å². The molecule has 2 amide bonds. The van der Waals surface area contributed by atoms with Crippen LogP contribution < -0.4 is 10.4 Å². The second-order valence-electron chi connectivity index (χ2n) is 7.51. The zero-order chi connectivity index (χ0) is 23.4. The zero-order valence-electron chi connectivity index (χ0n) is 17.9. The Kier molecular flexibility index (Phi) is 6.43. The lowest BCUT2D eigenvalue weighted by atomic mass is 10.1. The summed E-state index contributed by atoms with van der Waals surface area (Å²) in [6, 6.07) is 9.53. The fourth-order valence-electron chi connectivity index (χ4n) is 3.53. The van der Waals surface area contributed by atoms with Crippen LogP contribution in [0.2, 0.25) is 0 Å². The number of hydrogen-bond acceptors (Lipinski definition) is 8. The van der Waals surface area contributed by atoms with E-state index in [9.17, 15) is 19.2 Å². The monoisotopic (exact) mass is 454 g/mol. The van der Waals surface area contributed by atoms with Gasteiger partial charge in [0.05, 0.1) is 6.26 Å². The summed E-state index contributed by atoms with van der Waals surface area (Å²) in [6.07, 6.45) is 1.43. The van der Waals surface area contributed by atoms with Crippen molar-refractivity contribution in [3.05, 3.63) is 64.4 Å². The zero-order valence-corrected chi connectivity index (χ0v) is 17.9. The lowest BCUT2D eigenvalue weighted by Gasteiger charge is -2.34. The van der Waals surface area contributed by atoms with Gasteiger partial charge in [0.25, 0.3) is 11.8 Å². The molecule has 0 aliphatic carbocycles. The third-order valence-corrected chi connectivity index (χ3v) is 5.29. The van der Waals surface area contributed by atoms with Crippen LogP contribution >= 0.6 is 0 Å². The van der Waals surface area contributed by atoms with Gasteiger partial charge in [0.15, 0.2) is 19.0 Å². The van der Waals surface area contributed by atoms with Crippen molar-refractivity contribution in [1.82, 2.24) is 9.80 Å². The number of amides is 2. The highest BCUT2D eigenvalue weighted by molar-refractivity contribution is 5.91. The molecule has 3 heterocycles. The van der Waals surface area contributed by atoms with E-state index in [2.05, 4.69) is 0 Å². The van der Waals surface area contributed by atoms with Crippen LogP contribution in [0.4, 0.5) is 0 Å². The number of benzene rings is 1. The molecule has 0 unspecified atom stereocenters. The van der Waals surface area contributed by atoms with Gasteiger partial charge in [-0.05, 0) is 36.8 Å². The Balaban J connectivity index is 1.21. The third-order valence-electron chi connectivity index (χ3n) is 5.29. The van der Waals surface area contributed by atoms with Crippen molar-refractivity contribution >= 4 is 28.8 Å². The van der Waals surface area contributed by atoms with Crippen LogP contribution in [0.5, 0.6) is 5.75 Å². The Bertz CT molecular complexity index is 1220. The van der Waals surface area contributed by atoms with E-state index in [0.29, 0.717) is 37.5 Å². The Morgan fingerprint density at radius 2 is 1.76 bits per heavy atom. The largest absolute Gasteiger partial charge is 0.482 e. The quantitative estimate of drug-likeness (QED) is 0.407. The van der Waals surface area contributed by atoms with E-state index < -0.39 is 24.8 Å². The average molecular weight is 454 g/mol. The molecule has 1 aromatic carbocycles. The molecule has 10 heteroatoms. The van der Waals surface area contributed by atoms with Crippen molar-refractivity contribution < 1.29 is 32.7 Å². The molecule has 0 radical (unpaired) electrons. The number of piperazine rings is 1. The number of nitrogens with zero attached hydrogens (tertiary/aromatic N) is 2. The highest BCUT2D eigenvalue weighted by Crippen LogP contribution is 2.22. The van der Waals surface area contributed by atoms with Gasteiger partial charge in [-0.3, -0.25) is 9.59 Å². The van der Waals surface area contributed by atoms with Gasteiger partial charge in [0, 0.05) is 43.7 Å². The number of aryl methyl sites for hydroxylation is 1. The Morgan fingerprint density at radius 1 is 1.00 bits per heavy atom. The molecule has 0 N–H and O–H groups in total. The number of ether oxygens (including phenoxy) is 2. The second-order valence-corrected chi connectivity index (χ2v) is 7.51. The molecule has 1 saturated heterocycles. The Morgan fingerprint density at radius 3 is 2.48 bits per heavy atom. The number of carbonyl (C=O) groups is 3. The normalized spacial score (nSPS) is 13.7. The minimum absolute atomic E-state index is 0.223. The molecule has 33 heavy (non-hydrogen) atoms. The molecular weight excluding hydrogens is 432 g/mol. The molecule has 0 saturated carbocycles. The van der Waals surface area contributed by atoms with Crippen LogP contribution in [0.15, 0.2) is 56.3 Å². The molecular formula is C23H22N2O8. The number of furan rings is 1. The average Bonchev–Trinajstić information content (AvgIpc) is 3.35. The van der Waals surface area contributed by atoms with Gasteiger partial charge in [-0.2, -0.15) is 0 Å². The van der Waals surface area contributed by atoms with Crippen molar-refractivity contribution in [2.75, 3.05) is 39.4 Å². The van der Waals surface area contributed by atoms with E-state index in [4.69, 9.17) is 18.3 Å². The summed E-state index contributed by atoms with van der Waals surface area (Å²) in [6.45, 7) is 2.37. The van der Waals surface area contributed by atoms with E-state index in [1.165, 1.54) is 23.3 Å². The number of hydrogen-bond donors (Lipinski definition) is 0. The van der Waals surface area contributed by atoms with Gasteiger partial charge >= 0.3 is 11.6 Å². The lowest BCUT2D eigenvalue weighted by molar-refractivity contribution is -0.154. The van der Waals surface area contributed by atoms with Crippen molar-refractivity contribution in [1.29, 1.82) is 0 Å². The lowest BCUT2D eigenvalue weighted by Crippen LogP contribution is -2.51. The summed E-state index contributed by atoms with van der Waals surface area (Å²) in [5.41, 5.74) is 0.656. The molecule has 1 fully saturated rings. The maximum absolute atomic E-state index is 12.3. The first-order valence-corrected chi connectivity index (χ1v) is 10.3. The summed E-state index contributed by atoms with van der Waals surface area (Å²) in [5.74, 6) is -0.694. The first kappa shape index (κ1) is 22.1. The van der Waals surface area contributed by atoms with E-state index >= 15 is 0 Å². The predicted octanol–water partition coefficient (Wildman–Crippen LogP) is 1.60. The molecule has 0 atom stereocenters. The SMILES string of the molecule is Cc1cc(=O)oc2cc(OCC(=O)OCC(=O)N3CCN(C(=O)c4ccco4)CC3)ccc12. The fourth-order valence-corrected chi connectivity index (χ4v) is 3.53. The summed E-state index contributed by atoms with van der Waals surface area (Å²) in [4.78, 5) is 51.3. The standard InChI is InChI=1S/C23H22N2O8/c1-15-11-21(27)33-19-12-16(4-5-17(15)19)31-14-22(28)32-13-20(26)24-6-8-25(9-7-24)23(29)18-3-2-10-30-18/h2-5,10-12H,6-9,13-14H2,1H3. The van der Waals surface area contributed by atoms with Crippen molar-refractivity contribution in [2.24, 2.45) is 0 Å². The maximum Gasteiger partial charge on any atom is 0.344 e. The first-order chi connectivity index (χ1) is 15.9. The molecule has 3 aromatic rings. The molecule has 10 nitrogen and oxygen atoms in total. The van der Waals surface area contributed by atoms with Gasteiger partial charge in [-0.15, -0.1) is 0 Å². The molecule has 1 aliphatic rings. The molecule has 2 aromatic heterocycles. The number of esters is 1. The van der Waals surface area contributed by atoms with Crippen molar-refractivity contribution in [2.45, 2.75) is 6.92 Å². The van der Waals surface area contributed by atoms with Gasteiger partial charge < -0.3 is 28.1 Å². The highest BCUT2D eigenvalue weighted by Gasteiger charge is 2.26. The maximum atomic E-state index is 12.3. The Hall–Kier alpha value is -4.08. The molecule has 4 rings (SSSR count). The van der Waals surface area contributed by atoms with Crippen LogP contribution in [0.1, 0.15) is 16.1 Å². The van der Waals surface area contributed by atoms with Crippen LogP contribution in [-0.2, 0) is 14.3 Å². The number of carbonyl (C=O) groups excluding carboxylic acids is 3. The Labute approximate surface area is 188 Å². The highest BCUT2D eigenvalue weighted by atomic mass is 16.6. The van der Waals surface area contributed by atoms with Gasteiger partial charge in [-0.25, -0.2) is 9.59 Å². The van der Waals surface area contributed by atoms with Crippen LogP contribution in [0.3, 0.4) is 0 Å². The van der Waals surface area contributed by atoms with E-state index in [1.807, 2.05) is 0 Å². The number of fused-ring (bicyclic) bond motifs is 1. The molecule has 0 spiro atoms. The van der Waals surface area contributed by atoms with Gasteiger partial charge in [-0.1, -0.05) is 0 Å². The smallest absolute Gasteiger partial charge is 0.344 e.